The van der Waals surface area contributed by atoms with Crippen LogP contribution in [0.15, 0.2) is 146 Å². The Hall–Kier alpha value is -4.97. The summed E-state index contributed by atoms with van der Waals surface area (Å²) in [6.07, 6.45) is 3.41. The van der Waals surface area contributed by atoms with Gasteiger partial charge in [-0.3, -0.25) is 0 Å². The summed E-state index contributed by atoms with van der Waals surface area (Å²) in [5.41, 5.74) is 14.5. The van der Waals surface area contributed by atoms with Crippen molar-refractivity contribution >= 4 is 7.25 Å². The van der Waals surface area contributed by atoms with Crippen molar-refractivity contribution < 1.29 is 21.8 Å². The van der Waals surface area contributed by atoms with E-state index in [0.29, 0.717) is 0 Å². The number of pyridine rings is 1. The highest BCUT2D eigenvalue weighted by atomic mass is 19.5. The molecule has 0 N–H and O–H groups in total. The van der Waals surface area contributed by atoms with Gasteiger partial charge >= 0.3 is 7.25 Å². The maximum Gasteiger partial charge on any atom is 0.673 e. The smallest absolute Gasteiger partial charge is 0.418 e. The summed E-state index contributed by atoms with van der Waals surface area (Å²) < 4.78 is 41.5. The molecule has 1 nitrogen and oxygen atoms in total. The molecule has 1 heterocycles. The van der Waals surface area contributed by atoms with Crippen LogP contribution in [0.1, 0.15) is 23.1 Å². The van der Waals surface area contributed by atoms with Gasteiger partial charge in [0.1, 0.15) is 0 Å². The van der Waals surface area contributed by atoms with Crippen molar-refractivity contribution in [1.82, 2.24) is 0 Å². The fraction of sp³-hybridized carbons (Fsp3) is 0.103. The van der Waals surface area contributed by atoms with Gasteiger partial charge in [0.2, 0.25) is 11.4 Å². The van der Waals surface area contributed by atoms with Gasteiger partial charge in [0.15, 0.2) is 6.54 Å². The summed E-state index contributed by atoms with van der Waals surface area (Å²) in [5.74, 6) is 0. The molecule has 0 atom stereocenters. The minimum atomic E-state index is -6.00. The number of nitrogens with zero attached hydrogens (tertiary/aromatic N) is 1. The number of aryl methyl sites for hydroxylation is 1. The van der Waals surface area contributed by atoms with E-state index >= 15 is 0 Å². The second-order valence-electron chi connectivity index (χ2n) is 11.1. The minimum absolute atomic E-state index is 0.814. The Labute approximate surface area is 261 Å². The van der Waals surface area contributed by atoms with Gasteiger partial charge in [-0.25, -0.2) is 0 Å². The first-order valence-corrected chi connectivity index (χ1v) is 15.2. The average Bonchev–Trinajstić information content (AvgIpc) is 3.25. The maximum atomic E-state index is 9.75. The molecule has 6 aromatic rings. The zero-order valence-corrected chi connectivity index (χ0v) is 24.7. The highest BCUT2D eigenvalue weighted by Gasteiger charge is 2.25. The Balaban J connectivity index is 0.000000664. The van der Waals surface area contributed by atoms with E-state index in [9.17, 15) is 17.3 Å². The Morgan fingerprint density at radius 2 is 0.978 bits per heavy atom. The molecule has 0 unspecified atom stereocenters. The molecule has 45 heavy (non-hydrogen) atoms. The second-order valence-corrected chi connectivity index (χ2v) is 11.1. The lowest BCUT2D eigenvalue weighted by Crippen LogP contribution is -2.40. The lowest BCUT2D eigenvalue weighted by atomic mass is 9.92. The molecule has 0 saturated carbocycles. The molecule has 0 saturated heterocycles. The molecular weight excluding hydrogens is 569 g/mol. The molecule has 0 bridgehead atoms. The molecule has 7 rings (SSSR count). The number of benzene rings is 5. The van der Waals surface area contributed by atoms with Gasteiger partial charge in [-0.05, 0) is 76.9 Å². The van der Waals surface area contributed by atoms with Crippen LogP contribution in [0.3, 0.4) is 0 Å². The zero-order chi connectivity index (χ0) is 31.2. The summed E-state index contributed by atoms with van der Waals surface area (Å²) in [7, 11) is -6.00. The van der Waals surface area contributed by atoms with E-state index in [2.05, 4.69) is 150 Å². The summed E-state index contributed by atoms with van der Waals surface area (Å²) in [6, 6.07) is 53.0. The molecule has 0 amide bonds. The lowest BCUT2D eigenvalue weighted by Gasteiger charge is -2.16. The number of halogens is 4. The summed E-state index contributed by atoms with van der Waals surface area (Å²) >= 11 is 0. The van der Waals surface area contributed by atoms with Crippen LogP contribution in [0.4, 0.5) is 17.3 Å². The van der Waals surface area contributed by atoms with Crippen LogP contribution in [0, 0.1) is 0 Å². The van der Waals surface area contributed by atoms with Crippen molar-refractivity contribution in [3.8, 4) is 44.8 Å². The predicted molar refractivity (Wildman–Crippen MR) is 176 cm³/mol. The van der Waals surface area contributed by atoms with Crippen LogP contribution < -0.4 is 4.57 Å². The molecule has 1 aliphatic rings. The normalized spacial score (nSPS) is 12.3. The second kappa shape index (κ2) is 13.4. The molecular formula is C39H32BF4N. The van der Waals surface area contributed by atoms with Gasteiger partial charge < -0.3 is 17.3 Å². The van der Waals surface area contributed by atoms with Gasteiger partial charge in [0.25, 0.3) is 0 Å². The Morgan fingerprint density at radius 3 is 1.56 bits per heavy atom. The first-order valence-electron chi connectivity index (χ1n) is 15.2. The standard InChI is InChI=1S/C39H32N.BF4/c1-4-14-29(15-5-1)34-26-38(31-17-6-2-7-18-31)40(39(27-34)32-19-8-3-9-20-32)28-33-22-13-25-37-35-23-11-10-16-30(35)21-12-24-36(33)37;2-1(3,4)5/h1-11,13-20,22-23,25-27H,12,21,24,28H2;/q+1;-1. The molecule has 5 aromatic carbocycles. The summed E-state index contributed by atoms with van der Waals surface area (Å²) in [5, 5.41) is 0. The monoisotopic (exact) mass is 601 g/mol. The van der Waals surface area contributed by atoms with Crippen LogP contribution >= 0.6 is 0 Å². The lowest BCUT2D eigenvalue weighted by molar-refractivity contribution is -0.666. The molecule has 224 valence electrons. The highest BCUT2D eigenvalue weighted by Crippen LogP contribution is 2.35. The van der Waals surface area contributed by atoms with Gasteiger partial charge in [-0.1, -0.05) is 109 Å². The van der Waals surface area contributed by atoms with Gasteiger partial charge in [-0.15, -0.1) is 0 Å². The van der Waals surface area contributed by atoms with E-state index in [1.165, 1.54) is 67.9 Å². The van der Waals surface area contributed by atoms with Crippen LogP contribution in [0.25, 0.3) is 44.8 Å². The van der Waals surface area contributed by atoms with E-state index in [0.717, 1.165) is 19.4 Å². The Morgan fingerprint density at radius 1 is 0.489 bits per heavy atom. The fourth-order valence-corrected chi connectivity index (χ4v) is 6.24. The van der Waals surface area contributed by atoms with Crippen molar-refractivity contribution in [1.29, 1.82) is 0 Å². The van der Waals surface area contributed by atoms with Crippen LogP contribution in [-0.4, -0.2) is 7.25 Å². The highest BCUT2D eigenvalue weighted by molar-refractivity contribution is 6.50. The van der Waals surface area contributed by atoms with Gasteiger partial charge in [-0.2, -0.15) is 4.57 Å². The van der Waals surface area contributed by atoms with E-state index in [4.69, 9.17) is 0 Å². The fourth-order valence-electron chi connectivity index (χ4n) is 6.24. The molecule has 0 aliphatic heterocycles. The van der Waals surface area contributed by atoms with Crippen LogP contribution in [0.2, 0.25) is 0 Å². The number of aromatic nitrogens is 1. The zero-order valence-electron chi connectivity index (χ0n) is 24.7. The SMILES string of the molecule is F[B-](F)(F)F.c1ccc(-c2cc(-c3ccccc3)[n+](Cc3cccc4c3CCCc3ccccc3-4)c(-c3ccccc3)c2)cc1. The molecule has 6 heteroatoms. The number of hydrogen-bond acceptors (Lipinski definition) is 0. The molecule has 1 aliphatic carbocycles. The molecule has 0 radical (unpaired) electrons. The van der Waals surface area contributed by atoms with E-state index in [1.54, 1.807) is 0 Å². The third kappa shape index (κ3) is 7.23. The summed E-state index contributed by atoms with van der Waals surface area (Å²) in [6.45, 7) is 0.814. The third-order valence-corrected chi connectivity index (χ3v) is 8.19. The van der Waals surface area contributed by atoms with E-state index in [1.807, 2.05) is 0 Å². The predicted octanol–water partition coefficient (Wildman–Crippen LogP) is 10.5. The van der Waals surface area contributed by atoms with Crippen molar-refractivity contribution in [2.75, 3.05) is 0 Å². The van der Waals surface area contributed by atoms with Crippen molar-refractivity contribution in [2.45, 2.75) is 25.8 Å². The van der Waals surface area contributed by atoms with E-state index < -0.39 is 7.25 Å². The Bertz CT molecular complexity index is 1820. The van der Waals surface area contributed by atoms with E-state index in [-0.39, 0.29) is 0 Å². The quantitative estimate of drug-likeness (QED) is 0.105. The van der Waals surface area contributed by atoms with Gasteiger partial charge in [0.05, 0.1) is 0 Å². The first kappa shape index (κ1) is 30.1. The maximum absolute atomic E-state index is 9.75. The average molecular weight is 601 g/mol. The van der Waals surface area contributed by atoms with Crippen LogP contribution in [0.5, 0.6) is 0 Å². The number of rotatable bonds is 5. The van der Waals surface area contributed by atoms with Gasteiger partial charge in [0, 0.05) is 28.8 Å². The van der Waals surface area contributed by atoms with Crippen molar-refractivity contribution in [3.63, 3.8) is 0 Å². The van der Waals surface area contributed by atoms with Crippen molar-refractivity contribution in [2.24, 2.45) is 0 Å². The van der Waals surface area contributed by atoms with Crippen molar-refractivity contribution in [3.05, 3.63) is 162 Å². The summed E-state index contributed by atoms with van der Waals surface area (Å²) in [4.78, 5) is 0. The number of fused-ring (bicyclic) bond motifs is 3. The topological polar surface area (TPSA) is 3.88 Å². The largest absolute Gasteiger partial charge is 0.673 e. The third-order valence-electron chi connectivity index (χ3n) is 8.19. The molecule has 0 spiro atoms. The first-order chi connectivity index (χ1) is 21.8. The molecule has 1 aromatic heterocycles. The number of hydrogen-bond donors (Lipinski definition) is 0. The minimum Gasteiger partial charge on any atom is -0.418 e. The Kier molecular flexibility index (Phi) is 8.92. The molecule has 0 fully saturated rings. The van der Waals surface area contributed by atoms with Crippen LogP contribution in [-0.2, 0) is 19.4 Å².